The van der Waals surface area contributed by atoms with E-state index in [2.05, 4.69) is 5.32 Å². The molecule has 3 amide bonds. The Hall–Kier alpha value is -1.79. The van der Waals surface area contributed by atoms with Crippen molar-refractivity contribution in [2.45, 2.75) is 13.8 Å². The van der Waals surface area contributed by atoms with Gasteiger partial charge in [-0.05, 0) is 24.1 Å². The molecule has 0 heterocycles. The molecule has 2 N–H and O–H groups in total. The summed E-state index contributed by atoms with van der Waals surface area (Å²) in [5.74, 6) is -1.24. The second-order valence-electron chi connectivity index (χ2n) is 4.89. The normalized spacial score (nSPS) is 10.2. The minimum absolute atomic E-state index is 0.120. The van der Waals surface area contributed by atoms with E-state index in [-0.39, 0.29) is 21.5 Å². The van der Waals surface area contributed by atoms with Gasteiger partial charge in [-0.3, -0.25) is 10.1 Å². The van der Waals surface area contributed by atoms with Crippen molar-refractivity contribution in [1.29, 1.82) is 0 Å². The number of urea groups is 1. The van der Waals surface area contributed by atoms with E-state index in [4.69, 9.17) is 27.9 Å². The molecule has 0 unspecified atom stereocenters. The number of imide groups is 1. The Bertz CT molecular complexity index is 556. The van der Waals surface area contributed by atoms with E-state index >= 15 is 0 Å². The maximum atomic E-state index is 11.7. The van der Waals surface area contributed by atoms with Crippen LogP contribution in [0.3, 0.4) is 0 Å². The van der Waals surface area contributed by atoms with Gasteiger partial charge >= 0.3 is 12.0 Å². The Morgan fingerprint density at radius 1 is 1.14 bits per heavy atom. The fourth-order valence-electron chi connectivity index (χ4n) is 1.39. The van der Waals surface area contributed by atoms with Crippen molar-refractivity contribution in [1.82, 2.24) is 10.6 Å². The number of benzene rings is 1. The second kappa shape index (κ2) is 8.60. The summed E-state index contributed by atoms with van der Waals surface area (Å²) in [5.41, 5.74) is 0.120. The fraction of sp³-hybridized carbons (Fsp3) is 0.357. The van der Waals surface area contributed by atoms with Gasteiger partial charge in [-0.2, -0.15) is 0 Å². The minimum atomic E-state index is -0.762. The van der Waals surface area contributed by atoms with E-state index < -0.39 is 24.5 Å². The summed E-state index contributed by atoms with van der Waals surface area (Å²) in [7, 11) is 0. The molecule has 0 aliphatic rings. The van der Waals surface area contributed by atoms with Gasteiger partial charge < -0.3 is 10.1 Å². The lowest BCUT2D eigenvalue weighted by Gasteiger charge is -2.09. The van der Waals surface area contributed by atoms with Crippen molar-refractivity contribution < 1.29 is 19.1 Å². The monoisotopic (exact) mass is 346 g/mol. The average molecular weight is 347 g/mol. The molecule has 0 bridgehead atoms. The van der Waals surface area contributed by atoms with Gasteiger partial charge in [0.15, 0.2) is 6.61 Å². The summed E-state index contributed by atoms with van der Waals surface area (Å²) in [6.07, 6.45) is 0. The van der Waals surface area contributed by atoms with Crippen LogP contribution in [-0.4, -0.2) is 31.1 Å². The van der Waals surface area contributed by atoms with Crippen LogP contribution in [0.25, 0.3) is 0 Å². The number of carbonyl (C=O) groups excluding carboxylic acids is 3. The quantitative estimate of drug-likeness (QED) is 0.802. The lowest BCUT2D eigenvalue weighted by atomic mass is 10.2. The number of rotatable bonds is 5. The smallest absolute Gasteiger partial charge is 0.338 e. The first-order valence-electron chi connectivity index (χ1n) is 6.49. The first-order chi connectivity index (χ1) is 10.3. The maximum Gasteiger partial charge on any atom is 0.338 e. The number of carbonyl (C=O) groups is 3. The molecule has 1 rings (SSSR count). The highest BCUT2D eigenvalue weighted by atomic mass is 35.5. The molecule has 0 radical (unpaired) electrons. The summed E-state index contributed by atoms with van der Waals surface area (Å²) in [4.78, 5) is 34.5. The first kappa shape index (κ1) is 18.3. The summed E-state index contributed by atoms with van der Waals surface area (Å²) >= 11 is 11.5. The highest BCUT2D eigenvalue weighted by molar-refractivity contribution is 6.35. The molecule has 0 aromatic heterocycles. The van der Waals surface area contributed by atoms with Gasteiger partial charge in [0, 0.05) is 16.6 Å². The van der Waals surface area contributed by atoms with Gasteiger partial charge in [-0.25, -0.2) is 9.59 Å². The predicted molar refractivity (Wildman–Crippen MR) is 83.1 cm³/mol. The zero-order chi connectivity index (χ0) is 16.7. The Morgan fingerprint density at radius 2 is 1.73 bits per heavy atom. The second-order valence-corrected chi connectivity index (χ2v) is 5.76. The predicted octanol–water partition coefficient (Wildman–Crippen LogP) is 2.63. The van der Waals surface area contributed by atoms with Crippen LogP contribution in [0.1, 0.15) is 24.2 Å². The summed E-state index contributed by atoms with van der Waals surface area (Å²) < 4.78 is 4.78. The van der Waals surface area contributed by atoms with Crippen molar-refractivity contribution >= 4 is 41.1 Å². The van der Waals surface area contributed by atoms with Gasteiger partial charge in [-0.15, -0.1) is 0 Å². The van der Waals surface area contributed by atoms with Crippen LogP contribution in [-0.2, 0) is 9.53 Å². The molecular weight excluding hydrogens is 331 g/mol. The summed E-state index contributed by atoms with van der Waals surface area (Å²) in [6.45, 7) is 3.68. The Balaban J connectivity index is 2.43. The van der Waals surface area contributed by atoms with Crippen molar-refractivity contribution in [2.75, 3.05) is 13.2 Å². The van der Waals surface area contributed by atoms with Crippen LogP contribution in [0.4, 0.5) is 4.79 Å². The molecule has 0 spiro atoms. The molecular formula is C14H16Cl2N2O4. The molecule has 0 aliphatic carbocycles. The van der Waals surface area contributed by atoms with Crippen LogP contribution < -0.4 is 10.6 Å². The summed E-state index contributed by atoms with van der Waals surface area (Å²) in [5, 5.41) is 5.10. The van der Waals surface area contributed by atoms with Gasteiger partial charge in [0.1, 0.15) is 0 Å². The number of hydrogen-bond acceptors (Lipinski definition) is 4. The topological polar surface area (TPSA) is 84.5 Å². The van der Waals surface area contributed by atoms with Crippen molar-refractivity contribution in [3.05, 3.63) is 33.8 Å². The number of amides is 3. The minimum Gasteiger partial charge on any atom is -0.452 e. The molecule has 22 heavy (non-hydrogen) atoms. The lowest BCUT2D eigenvalue weighted by molar-refractivity contribution is -0.123. The summed E-state index contributed by atoms with van der Waals surface area (Å²) in [6, 6.07) is 3.55. The molecule has 0 atom stereocenters. The van der Waals surface area contributed by atoms with Gasteiger partial charge in [0.05, 0.1) is 5.56 Å². The highest BCUT2D eigenvalue weighted by Gasteiger charge is 2.13. The molecule has 8 heteroatoms. The molecule has 0 saturated carbocycles. The number of esters is 1. The molecule has 0 aliphatic heterocycles. The van der Waals surface area contributed by atoms with Crippen molar-refractivity contribution in [3.8, 4) is 0 Å². The standard InChI is InChI=1S/C14H16Cl2N2O4/c1-8(2)6-17-14(21)18-12(19)7-22-13(20)9-3-10(15)5-11(16)4-9/h3-5,8H,6-7H2,1-2H3,(H2,17,18,19,21). The SMILES string of the molecule is CC(C)CNC(=O)NC(=O)COC(=O)c1cc(Cl)cc(Cl)c1. The lowest BCUT2D eigenvalue weighted by Crippen LogP contribution is -2.42. The number of nitrogens with one attached hydrogen (secondary N) is 2. The Morgan fingerprint density at radius 3 is 2.27 bits per heavy atom. The van der Waals surface area contributed by atoms with Crippen LogP contribution in [0.5, 0.6) is 0 Å². The van der Waals surface area contributed by atoms with Crippen molar-refractivity contribution in [2.24, 2.45) is 5.92 Å². The van der Waals surface area contributed by atoms with E-state index in [0.717, 1.165) is 0 Å². The average Bonchev–Trinajstić information content (AvgIpc) is 2.41. The van der Waals surface area contributed by atoms with Crippen molar-refractivity contribution in [3.63, 3.8) is 0 Å². The first-order valence-corrected chi connectivity index (χ1v) is 7.24. The van der Waals surface area contributed by atoms with E-state index in [9.17, 15) is 14.4 Å². The zero-order valence-corrected chi connectivity index (χ0v) is 13.6. The van der Waals surface area contributed by atoms with E-state index in [0.29, 0.717) is 6.54 Å². The molecule has 0 fully saturated rings. The van der Waals surface area contributed by atoms with Gasteiger partial charge in [-0.1, -0.05) is 37.0 Å². The molecule has 120 valence electrons. The van der Waals surface area contributed by atoms with Crippen LogP contribution in [0.15, 0.2) is 18.2 Å². The molecule has 6 nitrogen and oxygen atoms in total. The number of halogens is 2. The molecule has 1 aromatic carbocycles. The number of ether oxygens (including phenoxy) is 1. The van der Waals surface area contributed by atoms with Crippen LogP contribution in [0.2, 0.25) is 10.0 Å². The highest BCUT2D eigenvalue weighted by Crippen LogP contribution is 2.19. The van der Waals surface area contributed by atoms with Crippen LogP contribution >= 0.6 is 23.2 Å². The molecule has 1 aromatic rings. The Kier molecular flexibility index (Phi) is 7.14. The molecule has 0 saturated heterocycles. The fourth-order valence-corrected chi connectivity index (χ4v) is 1.92. The third-order valence-electron chi connectivity index (χ3n) is 2.36. The van der Waals surface area contributed by atoms with Gasteiger partial charge in [0.2, 0.25) is 0 Å². The van der Waals surface area contributed by atoms with E-state index in [1.165, 1.54) is 18.2 Å². The number of hydrogen-bond donors (Lipinski definition) is 2. The third kappa shape index (κ3) is 6.78. The zero-order valence-electron chi connectivity index (χ0n) is 12.1. The third-order valence-corrected chi connectivity index (χ3v) is 2.79. The largest absolute Gasteiger partial charge is 0.452 e. The maximum absolute atomic E-state index is 11.7. The Labute approximate surface area is 138 Å². The van der Waals surface area contributed by atoms with E-state index in [1.807, 2.05) is 19.2 Å². The van der Waals surface area contributed by atoms with Gasteiger partial charge in [0.25, 0.3) is 5.91 Å². The van der Waals surface area contributed by atoms with E-state index in [1.54, 1.807) is 0 Å². The van der Waals surface area contributed by atoms with Crippen LogP contribution in [0, 0.1) is 5.92 Å².